The highest BCUT2D eigenvalue weighted by Crippen LogP contribution is 2.40. The molecular weight excluding hydrogens is 494 g/mol. The summed E-state index contributed by atoms with van der Waals surface area (Å²) in [7, 11) is 0. The fourth-order valence-corrected chi connectivity index (χ4v) is 5.16. The Morgan fingerprint density at radius 1 is 1.11 bits per heavy atom. The molecule has 11 heteroatoms. The van der Waals surface area contributed by atoms with Gasteiger partial charge in [-0.1, -0.05) is 12.1 Å². The van der Waals surface area contributed by atoms with Crippen molar-refractivity contribution < 1.29 is 28.4 Å². The third kappa shape index (κ3) is 5.04. The number of nitro benzene ring substituents is 1. The van der Waals surface area contributed by atoms with Crippen molar-refractivity contribution in [1.29, 1.82) is 0 Å². The molecule has 1 N–H and O–H groups in total. The molecule has 0 bridgehead atoms. The van der Waals surface area contributed by atoms with Crippen LogP contribution < -0.4 is 15.8 Å². The first-order valence-electron chi connectivity index (χ1n) is 12.5. The Hall–Kier alpha value is -4.41. The van der Waals surface area contributed by atoms with Gasteiger partial charge in [0.15, 0.2) is 0 Å². The highest BCUT2D eigenvalue weighted by molar-refractivity contribution is 5.90. The van der Waals surface area contributed by atoms with Crippen molar-refractivity contribution in [2.24, 2.45) is 0 Å². The van der Waals surface area contributed by atoms with Crippen LogP contribution in [0.1, 0.15) is 42.0 Å². The van der Waals surface area contributed by atoms with Gasteiger partial charge in [0.2, 0.25) is 0 Å². The number of rotatable bonds is 7. The van der Waals surface area contributed by atoms with Crippen LogP contribution in [0.4, 0.5) is 16.2 Å². The topological polar surface area (TPSA) is 141 Å². The number of para-hydroxylation sites is 1. The van der Waals surface area contributed by atoms with E-state index in [0.29, 0.717) is 11.1 Å². The zero-order valence-corrected chi connectivity index (χ0v) is 20.9. The summed E-state index contributed by atoms with van der Waals surface area (Å²) in [5, 5.41) is 14.2. The predicted octanol–water partition coefficient (Wildman–Crippen LogP) is 3.76. The van der Waals surface area contributed by atoms with Crippen LogP contribution in [0.5, 0.6) is 0 Å². The van der Waals surface area contributed by atoms with Crippen LogP contribution in [-0.2, 0) is 40.3 Å². The van der Waals surface area contributed by atoms with Crippen molar-refractivity contribution in [2.75, 3.05) is 18.0 Å². The lowest BCUT2D eigenvalue weighted by Gasteiger charge is -2.37. The minimum Gasteiger partial charge on any atom is -0.459 e. The van der Waals surface area contributed by atoms with Crippen LogP contribution in [0.2, 0.25) is 0 Å². The van der Waals surface area contributed by atoms with Gasteiger partial charge in [0.25, 0.3) is 5.69 Å². The molecule has 11 nitrogen and oxygen atoms in total. The highest BCUT2D eigenvalue weighted by Gasteiger charge is 2.28. The molecule has 5 rings (SSSR count). The lowest BCUT2D eigenvalue weighted by atomic mass is 9.89. The molecule has 2 aliphatic rings. The molecule has 1 atom stereocenters. The highest BCUT2D eigenvalue weighted by atomic mass is 16.6. The van der Waals surface area contributed by atoms with Gasteiger partial charge in [-0.3, -0.25) is 10.1 Å². The van der Waals surface area contributed by atoms with Crippen molar-refractivity contribution in [3.63, 3.8) is 0 Å². The summed E-state index contributed by atoms with van der Waals surface area (Å²) >= 11 is 0. The Labute approximate surface area is 217 Å². The smallest absolute Gasteiger partial charge is 0.408 e. The van der Waals surface area contributed by atoms with Gasteiger partial charge in [0.1, 0.15) is 24.8 Å². The molecule has 38 heavy (non-hydrogen) atoms. The first kappa shape index (κ1) is 25.2. The minimum absolute atomic E-state index is 0.167. The zero-order valence-electron chi connectivity index (χ0n) is 20.9. The SMILES string of the molecule is C[C@H](NC(=O)OCc1ccccc1[N+](=O)[O-])C(=O)OCc1cc(=O)oc2c3c4c(cc12)CCCN4CCC3. The molecule has 0 unspecified atom stereocenters. The largest absolute Gasteiger partial charge is 0.459 e. The second-order valence-electron chi connectivity index (χ2n) is 9.46. The number of esters is 1. The molecule has 0 saturated heterocycles. The Morgan fingerprint density at radius 2 is 1.84 bits per heavy atom. The van der Waals surface area contributed by atoms with Gasteiger partial charge in [-0.05, 0) is 50.3 Å². The van der Waals surface area contributed by atoms with E-state index in [9.17, 15) is 24.5 Å². The van der Waals surface area contributed by atoms with Gasteiger partial charge >= 0.3 is 17.7 Å². The summed E-state index contributed by atoms with van der Waals surface area (Å²) in [6.45, 7) is 2.91. The molecule has 1 aromatic heterocycles. The molecule has 1 amide bonds. The van der Waals surface area contributed by atoms with Crippen LogP contribution in [0.25, 0.3) is 11.0 Å². The van der Waals surface area contributed by atoms with Crippen LogP contribution in [0, 0.1) is 10.1 Å². The van der Waals surface area contributed by atoms with Crippen LogP contribution in [0.15, 0.2) is 45.6 Å². The fraction of sp³-hybridized carbons (Fsp3) is 0.370. The fourth-order valence-electron chi connectivity index (χ4n) is 5.16. The summed E-state index contributed by atoms with van der Waals surface area (Å²) in [5.41, 5.74) is 4.02. The molecule has 0 aliphatic carbocycles. The quantitative estimate of drug-likeness (QED) is 0.213. The van der Waals surface area contributed by atoms with E-state index in [2.05, 4.69) is 10.2 Å². The van der Waals surface area contributed by atoms with Gasteiger partial charge < -0.3 is 24.1 Å². The maximum absolute atomic E-state index is 12.6. The maximum Gasteiger partial charge on any atom is 0.408 e. The Morgan fingerprint density at radius 3 is 2.63 bits per heavy atom. The zero-order chi connectivity index (χ0) is 26.8. The van der Waals surface area contributed by atoms with E-state index < -0.39 is 28.7 Å². The van der Waals surface area contributed by atoms with Gasteiger partial charge in [0.05, 0.1) is 10.5 Å². The van der Waals surface area contributed by atoms with Crippen molar-refractivity contribution in [2.45, 2.75) is 51.9 Å². The number of ether oxygens (including phenoxy) is 2. The average Bonchev–Trinajstić information content (AvgIpc) is 2.91. The van der Waals surface area contributed by atoms with E-state index in [-0.39, 0.29) is 24.5 Å². The number of carbonyl (C=O) groups is 2. The molecule has 0 spiro atoms. The number of fused-ring (bicyclic) bond motifs is 2. The van der Waals surface area contributed by atoms with Crippen molar-refractivity contribution >= 4 is 34.4 Å². The van der Waals surface area contributed by atoms with Crippen LogP contribution in [-0.4, -0.2) is 36.1 Å². The molecule has 2 aromatic carbocycles. The second kappa shape index (κ2) is 10.5. The van der Waals surface area contributed by atoms with Gasteiger partial charge in [0, 0.05) is 47.4 Å². The third-order valence-electron chi connectivity index (χ3n) is 6.92. The molecular formula is C27H27N3O8. The number of amides is 1. The third-order valence-corrected chi connectivity index (χ3v) is 6.92. The maximum atomic E-state index is 12.6. The molecule has 3 aromatic rings. The first-order chi connectivity index (χ1) is 18.3. The first-order valence-corrected chi connectivity index (χ1v) is 12.5. The number of aryl methyl sites for hydroxylation is 2. The van der Waals surface area contributed by atoms with Gasteiger partial charge in [-0.15, -0.1) is 0 Å². The van der Waals surface area contributed by atoms with Crippen molar-refractivity contribution in [1.82, 2.24) is 5.32 Å². The van der Waals surface area contributed by atoms with E-state index in [1.807, 2.05) is 6.07 Å². The Balaban J connectivity index is 1.25. The molecule has 0 fully saturated rings. The number of carbonyl (C=O) groups excluding carboxylic acids is 2. The molecule has 0 radical (unpaired) electrons. The monoisotopic (exact) mass is 521 g/mol. The summed E-state index contributed by atoms with van der Waals surface area (Å²) < 4.78 is 16.1. The van der Waals surface area contributed by atoms with Crippen LogP contribution >= 0.6 is 0 Å². The number of alkyl carbamates (subject to hydrolysis) is 1. The second-order valence-corrected chi connectivity index (χ2v) is 9.46. The number of nitrogens with one attached hydrogen (secondary N) is 1. The van der Waals surface area contributed by atoms with E-state index in [1.165, 1.54) is 42.4 Å². The predicted molar refractivity (Wildman–Crippen MR) is 137 cm³/mol. The van der Waals surface area contributed by atoms with Gasteiger partial charge in [-0.25, -0.2) is 14.4 Å². The van der Waals surface area contributed by atoms with E-state index >= 15 is 0 Å². The summed E-state index contributed by atoms with van der Waals surface area (Å²) in [5.74, 6) is -0.723. The standard InChI is InChI=1S/C27H27N3O8/c1-16(28-27(33)37-14-18-6-2-3-9-22(18)30(34)35)26(32)36-15-19-13-23(31)38-25-20-8-5-11-29-10-4-7-17(24(20)29)12-21(19)25/h2-3,6,9,12-13,16H,4-5,7-8,10-11,14-15H2,1H3,(H,28,33)/t16-/m0/s1. The van der Waals surface area contributed by atoms with E-state index in [4.69, 9.17) is 13.9 Å². The average molecular weight is 522 g/mol. The van der Waals surface area contributed by atoms with Crippen molar-refractivity contribution in [3.05, 3.63) is 79.2 Å². The number of anilines is 1. The minimum atomic E-state index is -1.05. The molecule has 3 heterocycles. The number of nitro groups is 1. The lowest BCUT2D eigenvalue weighted by Crippen LogP contribution is -2.39. The molecule has 0 saturated carbocycles. The normalized spacial score (nSPS) is 14.9. The number of hydrogen-bond donors (Lipinski definition) is 1. The number of benzene rings is 2. The van der Waals surface area contributed by atoms with E-state index in [0.717, 1.165) is 49.7 Å². The lowest BCUT2D eigenvalue weighted by molar-refractivity contribution is -0.385. The molecule has 2 aliphatic heterocycles. The Kier molecular flexibility index (Phi) is 6.99. The number of nitrogens with zero attached hydrogens (tertiary/aromatic N) is 2. The van der Waals surface area contributed by atoms with Crippen molar-refractivity contribution in [3.8, 4) is 0 Å². The van der Waals surface area contributed by atoms with E-state index in [1.54, 1.807) is 6.07 Å². The number of hydrogen-bond acceptors (Lipinski definition) is 9. The Bertz CT molecular complexity index is 1480. The van der Waals surface area contributed by atoms with Crippen LogP contribution in [0.3, 0.4) is 0 Å². The molecule has 198 valence electrons. The summed E-state index contributed by atoms with van der Waals surface area (Å²) in [6.07, 6.45) is 2.86. The van der Waals surface area contributed by atoms with Gasteiger partial charge in [-0.2, -0.15) is 0 Å². The summed E-state index contributed by atoms with van der Waals surface area (Å²) in [4.78, 5) is 50.1. The summed E-state index contributed by atoms with van der Waals surface area (Å²) in [6, 6.07) is 8.20.